The summed E-state index contributed by atoms with van der Waals surface area (Å²) >= 11 is 0. The number of rotatable bonds is 3. The lowest BCUT2D eigenvalue weighted by Gasteiger charge is -2.68. The molecule has 8 heteroatoms. The van der Waals surface area contributed by atoms with Gasteiger partial charge in [0.15, 0.2) is 0 Å². The van der Waals surface area contributed by atoms with Gasteiger partial charge in [-0.25, -0.2) is 4.79 Å². The molecule has 4 aliphatic rings. The topological polar surface area (TPSA) is 108 Å². The van der Waals surface area contributed by atoms with E-state index in [4.69, 9.17) is 18.9 Å². The summed E-state index contributed by atoms with van der Waals surface area (Å²) in [5.74, 6) is -3.23. The molecule has 3 fully saturated rings. The van der Waals surface area contributed by atoms with Gasteiger partial charge in [0, 0.05) is 44.4 Å². The summed E-state index contributed by atoms with van der Waals surface area (Å²) in [7, 11) is 1.48. The van der Waals surface area contributed by atoms with Crippen LogP contribution in [-0.4, -0.2) is 53.7 Å². The zero-order chi connectivity index (χ0) is 24.6. The van der Waals surface area contributed by atoms with Crippen LogP contribution in [0.3, 0.4) is 0 Å². The van der Waals surface area contributed by atoms with Gasteiger partial charge in [0.2, 0.25) is 5.79 Å². The fourth-order valence-corrected chi connectivity index (χ4v) is 7.39. The second kappa shape index (κ2) is 7.40. The first kappa shape index (κ1) is 24.0. The average Bonchev–Trinajstić information content (AvgIpc) is 3.04. The first-order valence-electron chi connectivity index (χ1n) is 11.5. The fourth-order valence-electron chi connectivity index (χ4n) is 7.39. The van der Waals surface area contributed by atoms with E-state index in [1.54, 1.807) is 0 Å². The largest absolute Gasteiger partial charge is 0.459 e. The van der Waals surface area contributed by atoms with Gasteiger partial charge < -0.3 is 24.1 Å². The molecule has 0 radical (unpaired) electrons. The van der Waals surface area contributed by atoms with Crippen LogP contribution in [0.25, 0.3) is 0 Å². The smallest absolute Gasteiger partial charge is 0.334 e. The molecule has 7 atom stereocenters. The van der Waals surface area contributed by atoms with Gasteiger partial charge in [-0.2, -0.15) is 0 Å². The van der Waals surface area contributed by atoms with Crippen LogP contribution < -0.4 is 0 Å². The van der Waals surface area contributed by atoms with Gasteiger partial charge in [0.1, 0.15) is 12.2 Å². The number of carbonyl (C=O) groups is 3. The van der Waals surface area contributed by atoms with Crippen molar-refractivity contribution in [1.82, 2.24) is 0 Å². The number of esters is 3. The summed E-state index contributed by atoms with van der Waals surface area (Å²) in [5, 5.41) is 12.4. The van der Waals surface area contributed by atoms with Crippen LogP contribution in [0.1, 0.15) is 60.3 Å². The Morgan fingerprint density at radius 3 is 2.36 bits per heavy atom. The van der Waals surface area contributed by atoms with Crippen LogP contribution >= 0.6 is 0 Å². The Morgan fingerprint density at radius 2 is 1.79 bits per heavy atom. The second-order valence-corrected chi connectivity index (χ2v) is 10.8. The van der Waals surface area contributed by atoms with Gasteiger partial charge in [-0.15, -0.1) is 0 Å². The first-order valence-corrected chi connectivity index (χ1v) is 11.5. The van der Waals surface area contributed by atoms with E-state index >= 15 is 0 Å². The number of methoxy groups -OCH3 is 1. The van der Waals surface area contributed by atoms with E-state index in [0.717, 1.165) is 5.57 Å². The predicted molar refractivity (Wildman–Crippen MR) is 116 cm³/mol. The number of ether oxygens (including phenoxy) is 4. The maximum Gasteiger partial charge on any atom is 0.334 e. The maximum absolute atomic E-state index is 12.4. The van der Waals surface area contributed by atoms with Crippen molar-refractivity contribution in [1.29, 1.82) is 0 Å². The van der Waals surface area contributed by atoms with Gasteiger partial charge in [0.25, 0.3) is 0 Å². The molecule has 0 aromatic heterocycles. The molecule has 0 spiro atoms. The molecule has 3 saturated carbocycles. The molecule has 1 heterocycles. The molecule has 8 nitrogen and oxygen atoms in total. The zero-order valence-electron chi connectivity index (χ0n) is 20.2. The molecule has 0 saturated heterocycles. The number of hydrogen-bond donors (Lipinski definition) is 1. The van der Waals surface area contributed by atoms with Crippen LogP contribution in [0.2, 0.25) is 0 Å². The lowest BCUT2D eigenvalue weighted by atomic mass is 9.40. The summed E-state index contributed by atoms with van der Waals surface area (Å²) in [5.41, 5.74) is -1.60. The monoisotopic (exact) mass is 462 g/mol. The van der Waals surface area contributed by atoms with Gasteiger partial charge in [0.05, 0.1) is 5.60 Å². The minimum atomic E-state index is -1.31. The fraction of sp³-hybridized carbons (Fsp3) is 0.720. The van der Waals surface area contributed by atoms with Crippen LogP contribution in [0.5, 0.6) is 0 Å². The van der Waals surface area contributed by atoms with Crippen molar-refractivity contribution in [3.63, 3.8) is 0 Å². The Hall–Kier alpha value is -2.19. The molecule has 3 aliphatic carbocycles. The van der Waals surface area contributed by atoms with E-state index in [0.29, 0.717) is 24.8 Å². The second-order valence-electron chi connectivity index (χ2n) is 10.8. The molecule has 0 aromatic rings. The van der Waals surface area contributed by atoms with Crippen LogP contribution in [-0.2, 0) is 33.3 Å². The van der Waals surface area contributed by atoms with E-state index in [1.165, 1.54) is 27.0 Å². The molecule has 0 bridgehead atoms. The molecule has 0 amide bonds. The van der Waals surface area contributed by atoms with Crippen LogP contribution in [0.15, 0.2) is 23.8 Å². The lowest BCUT2D eigenvalue weighted by molar-refractivity contribution is -0.312. The van der Waals surface area contributed by atoms with Gasteiger partial charge in [-0.3, -0.25) is 9.59 Å². The normalized spacial score (nSPS) is 43.4. The average molecular weight is 463 g/mol. The lowest BCUT2D eigenvalue weighted by Crippen LogP contribution is -2.75. The molecule has 1 unspecified atom stereocenters. The van der Waals surface area contributed by atoms with E-state index in [9.17, 15) is 19.5 Å². The Morgan fingerprint density at radius 1 is 1.15 bits per heavy atom. The third-order valence-electron chi connectivity index (χ3n) is 8.88. The first-order chi connectivity index (χ1) is 15.2. The SMILES string of the molecule is C=C1C2=CC(=O)O[C@]2(OC)C[C@H]2[C@H]1CC[C@@]1(O)C(C)(C)CC(OC(C)=O)[C@H](OC(C)=O)[C@]21C. The third-order valence-corrected chi connectivity index (χ3v) is 8.88. The van der Waals surface area contributed by atoms with Crippen molar-refractivity contribution in [2.24, 2.45) is 22.7 Å². The molecule has 1 aliphatic heterocycles. The van der Waals surface area contributed by atoms with Crippen molar-refractivity contribution in [2.75, 3.05) is 7.11 Å². The van der Waals surface area contributed by atoms with Gasteiger partial charge in [-0.1, -0.05) is 27.4 Å². The highest BCUT2D eigenvalue weighted by Gasteiger charge is 2.74. The standard InChI is InChI=1S/C25H34O8/c1-13-16-8-9-25(29)22(4,5)12-19(31-14(2)26)21(32-15(3)27)23(25,6)18(16)11-24(30-7)17(13)10-20(28)33-24/h10,16,18-19,21,29H,1,8-9,11-12H2,2-7H3/t16-,18-,19?,21-,23-,24+,25+/m0/s1. The van der Waals surface area contributed by atoms with E-state index < -0.39 is 52.3 Å². The Bertz CT molecular complexity index is 950. The van der Waals surface area contributed by atoms with Crippen molar-refractivity contribution in [3.05, 3.63) is 23.8 Å². The molecule has 33 heavy (non-hydrogen) atoms. The molecular weight excluding hydrogens is 428 g/mol. The molecule has 182 valence electrons. The molecular formula is C25H34O8. The summed E-state index contributed by atoms with van der Waals surface area (Å²) in [6.45, 7) is 12.7. The summed E-state index contributed by atoms with van der Waals surface area (Å²) in [6, 6.07) is 0. The van der Waals surface area contributed by atoms with Gasteiger partial charge in [-0.05, 0) is 42.1 Å². The predicted octanol–water partition coefficient (Wildman–Crippen LogP) is 2.83. The number of carbonyl (C=O) groups excluding carboxylic acids is 3. The minimum Gasteiger partial charge on any atom is -0.459 e. The Balaban J connectivity index is 1.90. The third kappa shape index (κ3) is 3.13. The van der Waals surface area contributed by atoms with Crippen LogP contribution in [0.4, 0.5) is 0 Å². The maximum atomic E-state index is 12.4. The highest BCUT2D eigenvalue weighted by molar-refractivity contribution is 5.88. The quantitative estimate of drug-likeness (QED) is 0.504. The summed E-state index contributed by atoms with van der Waals surface area (Å²) < 4.78 is 22.9. The zero-order valence-corrected chi connectivity index (χ0v) is 20.2. The van der Waals surface area contributed by atoms with Crippen LogP contribution in [0, 0.1) is 22.7 Å². The van der Waals surface area contributed by atoms with Crippen molar-refractivity contribution >= 4 is 17.9 Å². The summed E-state index contributed by atoms with van der Waals surface area (Å²) in [4.78, 5) is 36.5. The highest BCUT2D eigenvalue weighted by atomic mass is 16.7. The Kier molecular flexibility index (Phi) is 5.37. The summed E-state index contributed by atoms with van der Waals surface area (Å²) in [6.07, 6.45) is 1.50. The molecule has 0 aromatic carbocycles. The number of aliphatic hydroxyl groups is 1. The molecule has 1 N–H and O–H groups in total. The van der Waals surface area contributed by atoms with Crippen molar-refractivity contribution in [3.8, 4) is 0 Å². The minimum absolute atomic E-state index is 0.0933. The van der Waals surface area contributed by atoms with Gasteiger partial charge >= 0.3 is 17.9 Å². The Labute approximate surface area is 194 Å². The number of fused-ring (bicyclic) bond motifs is 4. The molecule has 4 rings (SSSR count). The van der Waals surface area contributed by atoms with E-state index in [1.807, 2.05) is 20.8 Å². The van der Waals surface area contributed by atoms with E-state index in [2.05, 4.69) is 6.58 Å². The van der Waals surface area contributed by atoms with Crippen molar-refractivity contribution < 1.29 is 38.4 Å². The van der Waals surface area contributed by atoms with E-state index in [-0.39, 0.29) is 18.3 Å². The van der Waals surface area contributed by atoms with Crippen molar-refractivity contribution in [2.45, 2.75) is 83.9 Å². The number of hydrogen-bond acceptors (Lipinski definition) is 8. The highest BCUT2D eigenvalue weighted by Crippen LogP contribution is 2.69.